The SMILES string of the molecule is CCCn1nc(C)c([N+](=O)[O-])c1NCc1ncc[nH]1. The van der Waals surface area contributed by atoms with Crippen LogP contribution in [0.15, 0.2) is 12.4 Å². The minimum atomic E-state index is -0.404. The molecule has 0 aliphatic heterocycles. The number of rotatable bonds is 6. The number of imidazole rings is 1. The summed E-state index contributed by atoms with van der Waals surface area (Å²) >= 11 is 0. The van der Waals surface area contributed by atoms with E-state index in [1.165, 1.54) is 0 Å². The molecule has 8 nitrogen and oxygen atoms in total. The van der Waals surface area contributed by atoms with Gasteiger partial charge in [0.25, 0.3) is 0 Å². The highest BCUT2D eigenvalue weighted by atomic mass is 16.6. The lowest BCUT2D eigenvalue weighted by molar-refractivity contribution is -0.384. The summed E-state index contributed by atoms with van der Waals surface area (Å²) < 4.78 is 1.64. The van der Waals surface area contributed by atoms with Crippen molar-refractivity contribution in [3.63, 3.8) is 0 Å². The topological polar surface area (TPSA) is 102 Å². The van der Waals surface area contributed by atoms with E-state index in [0.29, 0.717) is 24.6 Å². The van der Waals surface area contributed by atoms with Crippen LogP contribution in [0.5, 0.6) is 0 Å². The first kappa shape index (κ1) is 13.1. The van der Waals surface area contributed by atoms with Gasteiger partial charge >= 0.3 is 5.69 Å². The Bertz CT molecular complexity index is 560. The highest BCUT2D eigenvalue weighted by Gasteiger charge is 2.24. The van der Waals surface area contributed by atoms with Crippen molar-refractivity contribution in [1.82, 2.24) is 19.7 Å². The lowest BCUT2D eigenvalue weighted by Crippen LogP contribution is -2.10. The molecular formula is C11H16N6O2. The first-order valence-corrected chi connectivity index (χ1v) is 6.07. The smallest absolute Gasteiger partial charge is 0.333 e. The number of aromatic amines is 1. The zero-order chi connectivity index (χ0) is 13.8. The van der Waals surface area contributed by atoms with E-state index in [-0.39, 0.29) is 5.69 Å². The third kappa shape index (κ3) is 2.72. The number of aryl methyl sites for hydroxylation is 2. The molecule has 0 amide bonds. The van der Waals surface area contributed by atoms with Crippen LogP contribution in [0.1, 0.15) is 24.9 Å². The molecule has 0 saturated carbocycles. The van der Waals surface area contributed by atoms with E-state index in [1.807, 2.05) is 6.92 Å². The highest BCUT2D eigenvalue weighted by molar-refractivity contribution is 5.59. The third-order valence-corrected chi connectivity index (χ3v) is 2.69. The van der Waals surface area contributed by atoms with Crippen LogP contribution in [0.2, 0.25) is 0 Å². The summed E-state index contributed by atoms with van der Waals surface area (Å²) in [5, 5.41) is 18.3. The Morgan fingerprint density at radius 1 is 1.58 bits per heavy atom. The van der Waals surface area contributed by atoms with Crippen molar-refractivity contribution in [2.75, 3.05) is 5.32 Å². The molecule has 2 rings (SSSR count). The van der Waals surface area contributed by atoms with Gasteiger partial charge in [0.05, 0.1) is 11.5 Å². The second kappa shape index (κ2) is 5.51. The molecule has 0 spiro atoms. The van der Waals surface area contributed by atoms with Gasteiger partial charge in [-0.15, -0.1) is 0 Å². The number of nitrogens with one attached hydrogen (secondary N) is 2. The Morgan fingerprint density at radius 2 is 2.37 bits per heavy atom. The molecule has 102 valence electrons. The van der Waals surface area contributed by atoms with Gasteiger partial charge in [0.2, 0.25) is 5.82 Å². The molecule has 0 bridgehead atoms. The fraction of sp³-hybridized carbons (Fsp3) is 0.455. The largest absolute Gasteiger partial charge is 0.357 e. The summed E-state index contributed by atoms with van der Waals surface area (Å²) in [6.45, 7) is 4.67. The van der Waals surface area contributed by atoms with Crippen molar-refractivity contribution >= 4 is 11.5 Å². The zero-order valence-corrected chi connectivity index (χ0v) is 10.9. The summed E-state index contributed by atoms with van der Waals surface area (Å²) in [4.78, 5) is 17.7. The summed E-state index contributed by atoms with van der Waals surface area (Å²) in [6, 6.07) is 0. The van der Waals surface area contributed by atoms with Crippen LogP contribution in [-0.2, 0) is 13.1 Å². The Kier molecular flexibility index (Phi) is 3.79. The molecule has 19 heavy (non-hydrogen) atoms. The van der Waals surface area contributed by atoms with Crippen LogP contribution in [0.25, 0.3) is 0 Å². The number of nitrogens with zero attached hydrogens (tertiary/aromatic N) is 4. The molecule has 2 aromatic rings. The predicted molar refractivity (Wildman–Crippen MR) is 69.8 cm³/mol. The Balaban J connectivity index is 2.27. The molecule has 0 radical (unpaired) electrons. The average Bonchev–Trinajstić information content (AvgIpc) is 2.95. The lowest BCUT2D eigenvalue weighted by atomic mass is 10.3. The molecule has 0 aliphatic rings. The van der Waals surface area contributed by atoms with E-state index >= 15 is 0 Å². The van der Waals surface area contributed by atoms with Crippen LogP contribution in [-0.4, -0.2) is 24.7 Å². The van der Waals surface area contributed by atoms with Crippen LogP contribution in [0.4, 0.5) is 11.5 Å². The second-order valence-corrected chi connectivity index (χ2v) is 4.15. The van der Waals surface area contributed by atoms with Crippen molar-refractivity contribution in [3.05, 3.63) is 34.0 Å². The molecule has 0 atom stereocenters. The maximum absolute atomic E-state index is 11.1. The van der Waals surface area contributed by atoms with Crippen molar-refractivity contribution in [2.45, 2.75) is 33.4 Å². The summed E-state index contributed by atoms with van der Waals surface area (Å²) in [5.41, 5.74) is 0.445. The van der Waals surface area contributed by atoms with Gasteiger partial charge in [-0.25, -0.2) is 9.67 Å². The van der Waals surface area contributed by atoms with Gasteiger partial charge in [0.1, 0.15) is 11.5 Å². The summed E-state index contributed by atoms with van der Waals surface area (Å²) in [7, 11) is 0. The van der Waals surface area contributed by atoms with E-state index < -0.39 is 4.92 Å². The van der Waals surface area contributed by atoms with E-state index in [2.05, 4.69) is 20.4 Å². The van der Waals surface area contributed by atoms with E-state index in [1.54, 1.807) is 24.0 Å². The van der Waals surface area contributed by atoms with Gasteiger partial charge in [-0.05, 0) is 13.3 Å². The third-order valence-electron chi connectivity index (χ3n) is 2.69. The molecule has 2 heterocycles. The first-order valence-electron chi connectivity index (χ1n) is 6.07. The van der Waals surface area contributed by atoms with Gasteiger partial charge in [0.15, 0.2) is 0 Å². The Hall–Kier alpha value is -2.38. The summed E-state index contributed by atoms with van der Waals surface area (Å²) in [6.07, 6.45) is 4.20. The Morgan fingerprint density at radius 3 is 2.95 bits per heavy atom. The number of hydrogen-bond acceptors (Lipinski definition) is 5. The number of anilines is 1. The molecule has 2 N–H and O–H groups in total. The first-order chi connectivity index (χ1) is 9.13. The van der Waals surface area contributed by atoms with Gasteiger partial charge in [-0.2, -0.15) is 5.10 Å². The van der Waals surface area contributed by atoms with Gasteiger partial charge < -0.3 is 10.3 Å². The minimum Gasteiger partial charge on any atom is -0.357 e. The zero-order valence-electron chi connectivity index (χ0n) is 10.9. The van der Waals surface area contributed by atoms with Gasteiger partial charge in [0, 0.05) is 18.9 Å². The van der Waals surface area contributed by atoms with E-state index in [9.17, 15) is 10.1 Å². The number of H-pyrrole nitrogens is 1. The number of aromatic nitrogens is 4. The quantitative estimate of drug-likeness (QED) is 0.612. The number of nitro groups is 1. The standard InChI is InChI=1S/C11H16N6O2/c1-3-6-16-11(10(17(18)19)8(2)15-16)14-7-9-12-4-5-13-9/h4-5,14H,3,6-7H2,1-2H3,(H,12,13). The van der Waals surface area contributed by atoms with Crippen LogP contribution in [0, 0.1) is 17.0 Å². The molecular weight excluding hydrogens is 248 g/mol. The van der Waals surface area contributed by atoms with E-state index in [4.69, 9.17) is 0 Å². The summed E-state index contributed by atoms with van der Waals surface area (Å²) in [5.74, 6) is 1.15. The maximum atomic E-state index is 11.1. The second-order valence-electron chi connectivity index (χ2n) is 4.15. The van der Waals surface area contributed by atoms with Crippen molar-refractivity contribution in [3.8, 4) is 0 Å². The minimum absolute atomic E-state index is 0.0278. The van der Waals surface area contributed by atoms with Gasteiger partial charge in [-0.3, -0.25) is 10.1 Å². The van der Waals surface area contributed by atoms with Crippen LogP contribution >= 0.6 is 0 Å². The van der Waals surface area contributed by atoms with Crippen LogP contribution in [0.3, 0.4) is 0 Å². The van der Waals surface area contributed by atoms with Crippen molar-refractivity contribution < 1.29 is 4.92 Å². The molecule has 0 aromatic carbocycles. The van der Waals surface area contributed by atoms with Crippen molar-refractivity contribution in [1.29, 1.82) is 0 Å². The Labute approximate surface area is 110 Å². The molecule has 8 heteroatoms. The van der Waals surface area contributed by atoms with Gasteiger partial charge in [-0.1, -0.05) is 6.92 Å². The van der Waals surface area contributed by atoms with Crippen LogP contribution < -0.4 is 5.32 Å². The average molecular weight is 264 g/mol. The predicted octanol–water partition coefficient (Wildman–Crippen LogP) is 1.84. The molecule has 0 saturated heterocycles. The molecule has 2 aromatic heterocycles. The highest BCUT2D eigenvalue weighted by Crippen LogP contribution is 2.28. The fourth-order valence-electron chi connectivity index (χ4n) is 1.90. The normalized spacial score (nSPS) is 10.6. The molecule has 0 unspecified atom stereocenters. The fourth-order valence-corrected chi connectivity index (χ4v) is 1.90. The molecule has 0 fully saturated rings. The molecule has 0 aliphatic carbocycles. The lowest BCUT2D eigenvalue weighted by Gasteiger charge is -2.07. The van der Waals surface area contributed by atoms with Crippen molar-refractivity contribution in [2.24, 2.45) is 0 Å². The maximum Gasteiger partial charge on any atom is 0.333 e. The van der Waals surface area contributed by atoms with E-state index in [0.717, 1.165) is 12.2 Å². The number of hydrogen-bond donors (Lipinski definition) is 2. The monoisotopic (exact) mass is 264 g/mol.